The van der Waals surface area contributed by atoms with Gasteiger partial charge in [0.05, 0.1) is 0 Å². The Labute approximate surface area is 277 Å². The maximum Gasteiger partial charge on any atom is 0.0159 e. The molecule has 7 aromatic carbocycles. The van der Waals surface area contributed by atoms with E-state index in [1.54, 1.807) is 5.57 Å². The molecule has 3 aliphatic carbocycles. The zero-order chi connectivity index (χ0) is 31.8. The Morgan fingerprint density at radius 2 is 1.04 bits per heavy atom. The van der Waals surface area contributed by atoms with Crippen molar-refractivity contribution in [2.45, 2.75) is 51.9 Å². The van der Waals surface area contributed by atoms with E-state index in [4.69, 9.17) is 0 Å². The lowest BCUT2D eigenvalue weighted by molar-refractivity contribution is 0.643. The molecule has 0 heteroatoms. The molecular weight excluding hydrogens is 565 g/mol. The van der Waals surface area contributed by atoms with Gasteiger partial charge in [-0.05, 0) is 124 Å². The van der Waals surface area contributed by atoms with E-state index in [2.05, 4.69) is 156 Å². The van der Waals surface area contributed by atoms with Crippen molar-refractivity contribution in [1.82, 2.24) is 0 Å². The van der Waals surface area contributed by atoms with Crippen molar-refractivity contribution in [2.75, 3.05) is 0 Å². The molecule has 1 unspecified atom stereocenters. The predicted molar refractivity (Wildman–Crippen MR) is 201 cm³/mol. The highest BCUT2D eigenvalue weighted by Crippen LogP contribution is 2.53. The molecule has 0 spiro atoms. The summed E-state index contributed by atoms with van der Waals surface area (Å²) in [5.74, 6) is 0.567. The first-order chi connectivity index (χ1) is 22.7. The van der Waals surface area contributed by atoms with Crippen LogP contribution in [0.3, 0.4) is 0 Å². The van der Waals surface area contributed by atoms with E-state index < -0.39 is 0 Å². The molecule has 0 saturated heterocycles. The van der Waals surface area contributed by atoms with E-state index >= 15 is 0 Å². The van der Waals surface area contributed by atoms with Crippen molar-refractivity contribution >= 4 is 37.9 Å². The van der Waals surface area contributed by atoms with Gasteiger partial charge in [-0.2, -0.15) is 0 Å². The lowest BCUT2D eigenvalue weighted by Crippen LogP contribution is -2.17. The van der Waals surface area contributed by atoms with Gasteiger partial charge in [0, 0.05) is 10.8 Å². The number of hydrogen-bond donors (Lipinski definition) is 0. The van der Waals surface area contributed by atoms with E-state index in [1.807, 2.05) is 0 Å². The van der Waals surface area contributed by atoms with Crippen LogP contribution in [0, 0.1) is 5.92 Å². The van der Waals surface area contributed by atoms with Crippen LogP contribution >= 0.6 is 0 Å². The predicted octanol–water partition coefficient (Wildman–Crippen LogP) is 12.9. The number of fused-ring (bicyclic) bond motifs is 5. The molecule has 0 N–H and O–H groups in total. The highest BCUT2D eigenvalue weighted by molar-refractivity contribution is 6.27. The van der Waals surface area contributed by atoms with Gasteiger partial charge in [0.25, 0.3) is 0 Å². The minimum atomic E-state index is -0.0197. The Morgan fingerprint density at radius 3 is 1.70 bits per heavy atom. The lowest BCUT2D eigenvalue weighted by atomic mass is 9.78. The van der Waals surface area contributed by atoms with Gasteiger partial charge >= 0.3 is 0 Å². The molecule has 226 valence electrons. The molecular formula is C47H38. The molecule has 47 heavy (non-hydrogen) atoms. The summed E-state index contributed by atoms with van der Waals surface area (Å²) >= 11 is 0. The summed E-state index contributed by atoms with van der Waals surface area (Å²) in [6.45, 7) is 11.9. The normalized spacial score (nSPS) is 18.6. The molecule has 0 amide bonds. The van der Waals surface area contributed by atoms with Crippen LogP contribution in [0.25, 0.3) is 71.3 Å². The summed E-state index contributed by atoms with van der Waals surface area (Å²) in [6, 6.07) is 42.1. The quantitative estimate of drug-likeness (QED) is 0.173. The second-order valence-electron chi connectivity index (χ2n) is 15.3. The number of rotatable bonds is 2. The fraction of sp³-hybridized carbons (Fsp3) is 0.191. The molecule has 0 heterocycles. The van der Waals surface area contributed by atoms with Crippen LogP contribution in [0.5, 0.6) is 0 Å². The van der Waals surface area contributed by atoms with Gasteiger partial charge in [0.2, 0.25) is 0 Å². The largest absolute Gasteiger partial charge is 0.0836 e. The average Bonchev–Trinajstić information content (AvgIpc) is 3.46. The van der Waals surface area contributed by atoms with Gasteiger partial charge in [0.1, 0.15) is 0 Å². The second-order valence-corrected chi connectivity index (χ2v) is 15.3. The summed E-state index contributed by atoms with van der Waals surface area (Å²) < 4.78 is 0. The van der Waals surface area contributed by atoms with Crippen molar-refractivity contribution in [1.29, 1.82) is 0 Å². The fourth-order valence-electron chi connectivity index (χ4n) is 9.60. The molecule has 0 nitrogen and oxygen atoms in total. The van der Waals surface area contributed by atoms with Gasteiger partial charge < -0.3 is 0 Å². The number of allylic oxidation sites excluding steroid dienone is 4. The molecule has 0 fully saturated rings. The molecule has 0 aromatic heterocycles. The molecule has 1 atom stereocenters. The van der Waals surface area contributed by atoms with E-state index in [-0.39, 0.29) is 10.8 Å². The summed E-state index contributed by atoms with van der Waals surface area (Å²) in [5, 5.41) is 8.04. The van der Waals surface area contributed by atoms with Gasteiger partial charge in [-0.3, -0.25) is 0 Å². The molecule has 3 aliphatic rings. The molecule has 7 aromatic rings. The summed E-state index contributed by atoms with van der Waals surface area (Å²) in [5.41, 5.74) is 16.8. The first-order valence-electron chi connectivity index (χ1n) is 17.3. The third kappa shape index (κ3) is 3.49. The SMILES string of the molecule is CC1CC=CC2=C1c1ccc(-c3ccc4ccc5c(-c6ccc7c(c6)C(C)(C)c6ccccc6-7)ccc6ccc3c4c65)cc1C2(C)C. The zero-order valence-electron chi connectivity index (χ0n) is 27.8. The van der Waals surface area contributed by atoms with Gasteiger partial charge in [-0.25, -0.2) is 0 Å². The van der Waals surface area contributed by atoms with E-state index in [0.717, 1.165) is 6.42 Å². The monoisotopic (exact) mass is 602 g/mol. The van der Waals surface area contributed by atoms with Crippen LogP contribution in [0.1, 0.15) is 63.3 Å². The standard InChI is InChI=1S/C47H38/c1-27-9-8-12-40-43(27)38-24-18-31(26-42(38)47(40,4)5)33-20-14-29-15-22-36-32(19-13-28-16-23-37(33)45(29)44(28)36)30-17-21-35-34-10-6-7-11-39(34)46(2,3)41(35)25-30/h6-8,10-27H,9H2,1-5H3. The third-order valence-corrected chi connectivity index (χ3v) is 12.1. The van der Waals surface area contributed by atoms with E-state index in [0.29, 0.717) is 5.92 Å². The maximum atomic E-state index is 2.50. The van der Waals surface area contributed by atoms with Crippen molar-refractivity contribution in [3.8, 4) is 33.4 Å². The lowest BCUT2D eigenvalue weighted by Gasteiger charge is -2.25. The molecule has 10 rings (SSSR count). The Hall–Kier alpha value is -4.94. The number of benzene rings is 7. The van der Waals surface area contributed by atoms with Crippen LogP contribution in [0.4, 0.5) is 0 Å². The molecule has 0 radical (unpaired) electrons. The van der Waals surface area contributed by atoms with E-state index in [9.17, 15) is 0 Å². The Balaban J connectivity index is 1.16. The third-order valence-electron chi connectivity index (χ3n) is 12.1. The van der Waals surface area contributed by atoms with Gasteiger partial charge in [-0.15, -0.1) is 0 Å². The van der Waals surface area contributed by atoms with Crippen LogP contribution in [0.2, 0.25) is 0 Å². The Bertz CT molecular complexity index is 2550. The minimum Gasteiger partial charge on any atom is -0.0836 e. The molecule has 0 saturated carbocycles. The summed E-state index contributed by atoms with van der Waals surface area (Å²) in [7, 11) is 0. The Morgan fingerprint density at radius 1 is 0.511 bits per heavy atom. The van der Waals surface area contributed by atoms with Crippen molar-refractivity contribution in [2.24, 2.45) is 5.92 Å². The minimum absolute atomic E-state index is 0.0103. The average molecular weight is 603 g/mol. The second kappa shape index (κ2) is 9.11. The van der Waals surface area contributed by atoms with Crippen molar-refractivity contribution in [3.63, 3.8) is 0 Å². The number of hydrogen-bond acceptors (Lipinski definition) is 0. The highest BCUT2D eigenvalue weighted by atomic mass is 14.4. The smallest absolute Gasteiger partial charge is 0.0159 e. The molecule has 0 bridgehead atoms. The first kappa shape index (κ1) is 27.2. The van der Waals surface area contributed by atoms with Crippen molar-refractivity contribution < 1.29 is 0 Å². The highest BCUT2D eigenvalue weighted by Gasteiger charge is 2.39. The van der Waals surface area contributed by atoms with Crippen molar-refractivity contribution in [3.05, 3.63) is 149 Å². The van der Waals surface area contributed by atoms with Crippen LogP contribution in [-0.4, -0.2) is 0 Å². The maximum absolute atomic E-state index is 2.50. The van der Waals surface area contributed by atoms with Crippen LogP contribution in [-0.2, 0) is 10.8 Å². The molecule has 0 aliphatic heterocycles. The first-order valence-corrected chi connectivity index (χ1v) is 17.3. The topological polar surface area (TPSA) is 0 Å². The summed E-state index contributed by atoms with van der Waals surface area (Å²) in [4.78, 5) is 0. The van der Waals surface area contributed by atoms with Crippen LogP contribution in [0.15, 0.2) is 127 Å². The Kier molecular flexibility index (Phi) is 5.27. The summed E-state index contributed by atoms with van der Waals surface area (Å²) in [6.07, 6.45) is 5.89. The zero-order valence-corrected chi connectivity index (χ0v) is 27.8. The van der Waals surface area contributed by atoms with Gasteiger partial charge in [-0.1, -0.05) is 144 Å². The van der Waals surface area contributed by atoms with Crippen LogP contribution < -0.4 is 0 Å². The van der Waals surface area contributed by atoms with E-state index in [1.165, 1.54) is 93.5 Å². The fourth-order valence-corrected chi connectivity index (χ4v) is 9.60. The van der Waals surface area contributed by atoms with Gasteiger partial charge in [0.15, 0.2) is 0 Å².